The number of para-hydroxylation sites is 1. The highest BCUT2D eigenvalue weighted by atomic mass is 16.3. The Labute approximate surface area is 145 Å². The predicted molar refractivity (Wildman–Crippen MR) is 101 cm³/mol. The van der Waals surface area contributed by atoms with Gasteiger partial charge in [0.2, 0.25) is 0 Å². The molecular formula is C18H19N5O2. The number of aryl methyl sites for hydroxylation is 1. The van der Waals surface area contributed by atoms with Crippen LogP contribution in [0.1, 0.15) is 5.56 Å². The summed E-state index contributed by atoms with van der Waals surface area (Å²) in [6.45, 7) is 2.07. The number of amidine groups is 1. The van der Waals surface area contributed by atoms with Crippen molar-refractivity contribution in [3.63, 3.8) is 0 Å². The molecule has 1 aliphatic rings. The number of aliphatic hydroxyl groups excluding tert-OH is 1. The van der Waals surface area contributed by atoms with Crippen molar-refractivity contribution in [2.75, 3.05) is 23.5 Å². The Bertz CT molecular complexity index is 846. The van der Waals surface area contributed by atoms with Crippen molar-refractivity contribution in [2.45, 2.75) is 6.92 Å². The van der Waals surface area contributed by atoms with Crippen LogP contribution < -0.4 is 10.3 Å². The smallest absolute Gasteiger partial charge is 0.174 e. The van der Waals surface area contributed by atoms with Crippen LogP contribution in [0, 0.1) is 12.3 Å². The number of hydrogen-bond donors (Lipinski definition) is 4. The molecule has 0 fully saturated rings. The second kappa shape index (κ2) is 7.14. The minimum atomic E-state index is -0.0380. The molecule has 0 bridgehead atoms. The first-order chi connectivity index (χ1) is 12.1. The summed E-state index contributed by atoms with van der Waals surface area (Å²) in [7, 11) is 0. The van der Waals surface area contributed by atoms with Gasteiger partial charge in [-0.1, -0.05) is 18.2 Å². The molecule has 1 heterocycles. The molecule has 0 radical (unpaired) electrons. The number of hydrazone groups is 1. The quantitative estimate of drug-likeness (QED) is 0.673. The molecule has 2 aromatic rings. The van der Waals surface area contributed by atoms with Gasteiger partial charge in [0.25, 0.3) is 0 Å². The minimum absolute atomic E-state index is 0.0380. The molecular weight excluding hydrogens is 318 g/mol. The number of phenols is 1. The summed E-state index contributed by atoms with van der Waals surface area (Å²) in [4.78, 5) is 4.52. The molecule has 3 rings (SSSR count). The Balaban J connectivity index is 1.92. The molecule has 128 valence electrons. The molecule has 0 aromatic heterocycles. The number of phenolic OH excluding ortho intramolecular Hbond substituents is 1. The summed E-state index contributed by atoms with van der Waals surface area (Å²) in [5, 5.41) is 36.0. The number of nitrogens with zero attached hydrogens (tertiary/aromatic N) is 3. The summed E-state index contributed by atoms with van der Waals surface area (Å²) in [5.41, 5.74) is 3.04. The molecule has 7 heteroatoms. The van der Waals surface area contributed by atoms with Crippen molar-refractivity contribution in [3.05, 3.63) is 48.0 Å². The Morgan fingerprint density at radius 1 is 1.24 bits per heavy atom. The molecule has 2 aromatic carbocycles. The molecule has 0 saturated heterocycles. The fourth-order valence-electron chi connectivity index (χ4n) is 2.42. The zero-order chi connectivity index (χ0) is 17.8. The van der Waals surface area contributed by atoms with Crippen molar-refractivity contribution >= 4 is 34.8 Å². The number of nitrogens with one attached hydrogen (secondary N) is 2. The van der Waals surface area contributed by atoms with Crippen LogP contribution in [0.4, 0.5) is 17.1 Å². The van der Waals surface area contributed by atoms with Gasteiger partial charge in [0.05, 0.1) is 29.9 Å². The molecule has 25 heavy (non-hydrogen) atoms. The Morgan fingerprint density at radius 2 is 2.00 bits per heavy atom. The Morgan fingerprint density at radius 3 is 2.72 bits per heavy atom. The molecule has 0 unspecified atom stereocenters. The number of rotatable bonds is 5. The fraction of sp³-hybridized carbons (Fsp3) is 0.167. The molecule has 0 spiro atoms. The molecule has 0 amide bonds. The zero-order valence-electron chi connectivity index (χ0n) is 13.8. The summed E-state index contributed by atoms with van der Waals surface area (Å²) in [5.74, 6) is 0.315. The minimum Gasteiger partial charge on any atom is -0.508 e. The van der Waals surface area contributed by atoms with E-state index in [9.17, 15) is 5.11 Å². The second-order valence-electron chi connectivity index (χ2n) is 5.54. The Hall–Kier alpha value is -3.19. The van der Waals surface area contributed by atoms with Crippen LogP contribution in [-0.2, 0) is 0 Å². The maximum Gasteiger partial charge on any atom is 0.174 e. The normalized spacial score (nSPS) is 15.2. The van der Waals surface area contributed by atoms with E-state index in [1.807, 2.05) is 30.3 Å². The summed E-state index contributed by atoms with van der Waals surface area (Å²) < 4.78 is 0. The molecule has 1 aliphatic heterocycles. The number of aromatic hydroxyl groups is 1. The third-order valence-corrected chi connectivity index (χ3v) is 3.73. The van der Waals surface area contributed by atoms with Gasteiger partial charge in [0, 0.05) is 12.6 Å². The van der Waals surface area contributed by atoms with Gasteiger partial charge in [-0.25, -0.2) is 10.0 Å². The van der Waals surface area contributed by atoms with Crippen LogP contribution in [0.3, 0.4) is 0 Å². The van der Waals surface area contributed by atoms with Crippen LogP contribution in [0.25, 0.3) is 0 Å². The Kier molecular flexibility index (Phi) is 4.76. The molecule has 0 atom stereocenters. The first kappa shape index (κ1) is 16.7. The number of aliphatic imine (C=N–C) groups is 1. The van der Waals surface area contributed by atoms with E-state index in [4.69, 9.17) is 10.5 Å². The molecule has 4 N–H and O–H groups in total. The van der Waals surface area contributed by atoms with E-state index in [2.05, 4.69) is 15.4 Å². The monoisotopic (exact) mass is 337 g/mol. The molecule has 0 aliphatic carbocycles. The van der Waals surface area contributed by atoms with Crippen molar-refractivity contribution in [1.82, 2.24) is 0 Å². The lowest BCUT2D eigenvalue weighted by Gasteiger charge is -2.14. The van der Waals surface area contributed by atoms with E-state index >= 15 is 0 Å². The van der Waals surface area contributed by atoms with Gasteiger partial charge in [0.15, 0.2) is 5.84 Å². The third kappa shape index (κ3) is 3.51. The van der Waals surface area contributed by atoms with E-state index in [1.54, 1.807) is 19.1 Å². The maximum atomic E-state index is 9.90. The third-order valence-electron chi connectivity index (χ3n) is 3.73. The van der Waals surface area contributed by atoms with Crippen LogP contribution >= 0.6 is 0 Å². The van der Waals surface area contributed by atoms with Gasteiger partial charge in [-0.2, -0.15) is 5.10 Å². The predicted octanol–water partition coefficient (Wildman–Crippen LogP) is 2.66. The van der Waals surface area contributed by atoms with Crippen LogP contribution in [0.5, 0.6) is 5.75 Å². The van der Waals surface area contributed by atoms with Crippen molar-refractivity contribution in [3.8, 4) is 5.75 Å². The summed E-state index contributed by atoms with van der Waals surface area (Å²) >= 11 is 0. The van der Waals surface area contributed by atoms with Gasteiger partial charge in [-0.05, 0) is 30.7 Å². The first-order valence-electron chi connectivity index (χ1n) is 7.85. The summed E-state index contributed by atoms with van der Waals surface area (Å²) in [6, 6.07) is 12.7. The van der Waals surface area contributed by atoms with Crippen LogP contribution in [-0.4, -0.2) is 41.1 Å². The maximum absolute atomic E-state index is 9.90. The van der Waals surface area contributed by atoms with Crippen molar-refractivity contribution in [2.24, 2.45) is 10.1 Å². The van der Waals surface area contributed by atoms with Crippen molar-refractivity contribution in [1.29, 1.82) is 5.41 Å². The summed E-state index contributed by atoms with van der Waals surface area (Å²) in [6.07, 6.45) is 1.54. The highest BCUT2D eigenvalue weighted by Gasteiger charge is 2.22. The lowest BCUT2D eigenvalue weighted by Crippen LogP contribution is -2.25. The SMILES string of the molecule is Cc1cc(N=C2C=NN(c3ccccc3)C2=N)c(NCCO)cc1O. The first-order valence-corrected chi connectivity index (χ1v) is 7.85. The highest BCUT2D eigenvalue weighted by Crippen LogP contribution is 2.32. The van der Waals surface area contributed by atoms with E-state index < -0.39 is 0 Å². The zero-order valence-corrected chi connectivity index (χ0v) is 13.8. The topological polar surface area (TPSA) is 104 Å². The largest absolute Gasteiger partial charge is 0.508 e. The molecule has 7 nitrogen and oxygen atoms in total. The van der Waals surface area contributed by atoms with E-state index in [0.717, 1.165) is 5.69 Å². The van der Waals surface area contributed by atoms with Gasteiger partial charge >= 0.3 is 0 Å². The van der Waals surface area contributed by atoms with Crippen LogP contribution in [0.15, 0.2) is 52.6 Å². The average Bonchev–Trinajstić information content (AvgIpc) is 2.98. The molecule has 0 saturated carbocycles. The van der Waals surface area contributed by atoms with E-state index in [1.165, 1.54) is 11.2 Å². The number of aliphatic hydroxyl groups is 1. The highest BCUT2D eigenvalue weighted by molar-refractivity contribution is 6.67. The van der Waals surface area contributed by atoms with E-state index in [-0.39, 0.29) is 18.2 Å². The van der Waals surface area contributed by atoms with Gasteiger partial charge in [-0.15, -0.1) is 0 Å². The second-order valence-corrected chi connectivity index (χ2v) is 5.54. The van der Waals surface area contributed by atoms with Gasteiger partial charge in [0.1, 0.15) is 11.5 Å². The standard InChI is InChI=1S/C18H19N5O2/c1-12-9-15(14(10-17(12)25)20-7-8-24)22-16-11-21-23(18(16)19)13-5-3-2-4-6-13/h2-6,9-11,19-20,24-25H,7-8H2,1H3. The number of benzene rings is 2. The fourth-order valence-corrected chi connectivity index (χ4v) is 2.42. The average molecular weight is 337 g/mol. The van der Waals surface area contributed by atoms with Gasteiger partial charge < -0.3 is 15.5 Å². The van der Waals surface area contributed by atoms with Crippen molar-refractivity contribution < 1.29 is 10.2 Å². The number of hydrogen-bond acceptors (Lipinski definition) is 6. The van der Waals surface area contributed by atoms with Crippen LogP contribution in [0.2, 0.25) is 0 Å². The van der Waals surface area contributed by atoms with E-state index in [0.29, 0.717) is 29.2 Å². The van der Waals surface area contributed by atoms with Gasteiger partial charge in [-0.3, -0.25) is 5.41 Å². The number of anilines is 2. The lowest BCUT2D eigenvalue weighted by molar-refractivity contribution is 0.311. The lowest BCUT2D eigenvalue weighted by atomic mass is 10.1.